The van der Waals surface area contributed by atoms with Gasteiger partial charge < -0.3 is 26.0 Å². The van der Waals surface area contributed by atoms with Gasteiger partial charge in [0.1, 0.15) is 11.6 Å². The number of alkyl halides is 6. The Morgan fingerprint density at radius 1 is 0.680 bits per heavy atom. The van der Waals surface area contributed by atoms with Crippen LogP contribution in [0.3, 0.4) is 0 Å². The summed E-state index contributed by atoms with van der Waals surface area (Å²) in [5.74, 6) is -4.69. The molecule has 0 spiro atoms. The summed E-state index contributed by atoms with van der Waals surface area (Å²) in [6.45, 7) is 7.52. The highest BCUT2D eigenvalue weighted by molar-refractivity contribution is 7.59. The first-order valence-electron chi connectivity index (χ1n) is 23.3. The zero-order valence-corrected chi connectivity index (χ0v) is 48.8. The Morgan fingerprint density at radius 3 is 1.33 bits per heavy atom. The van der Waals surface area contributed by atoms with E-state index in [0.29, 0.717) is 61.4 Å². The van der Waals surface area contributed by atoms with E-state index in [1.165, 1.54) is 35.9 Å². The lowest BCUT2D eigenvalue weighted by Gasteiger charge is -2.29. The number of nitrogens with zero attached hydrogens (tertiary/aromatic N) is 4. The Morgan fingerprint density at radius 2 is 1.05 bits per heavy atom. The Kier molecular flexibility index (Phi) is 29.4. The van der Waals surface area contributed by atoms with Crippen molar-refractivity contribution in [2.75, 3.05) is 41.3 Å². The lowest BCUT2D eigenvalue weighted by Crippen LogP contribution is -2.42. The van der Waals surface area contributed by atoms with E-state index in [9.17, 15) is 54.3 Å². The first-order chi connectivity index (χ1) is 33.1. The summed E-state index contributed by atoms with van der Waals surface area (Å²) in [5, 5.41) is 12.9. The van der Waals surface area contributed by atoms with E-state index < -0.39 is 59.1 Å². The summed E-state index contributed by atoms with van der Waals surface area (Å²) in [6.07, 6.45) is -5.22. The number of benzene rings is 2. The van der Waals surface area contributed by atoms with E-state index in [4.69, 9.17) is 10.8 Å². The van der Waals surface area contributed by atoms with Crippen LogP contribution in [0.1, 0.15) is 129 Å². The minimum atomic E-state index is -4.40. The predicted octanol–water partition coefficient (Wildman–Crippen LogP) is 10.9. The maximum Gasteiger partial charge on any atom is 0.395 e. The number of aliphatic carboxylic acids is 1. The van der Waals surface area contributed by atoms with E-state index in [1.807, 2.05) is 23.9 Å². The lowest BCUT2D eigenvalue weighted by atomic mass is 9.84. The molecular weight excluding hydrogens is 1110 g/mol. The molecule has 11 nitrogen and oxygen atoms in total. The average Bonchev–Trinajstić information content (AvgIpc) is 4.21. The highest BCUT2D eigenvalue weighted by atomic mass is 32.1. The number of aryl methyl sites for hydroxylation is 2. The average molecular weight is 1180 g/mol. The van der Waals surface area contributed by atoms with Gasteiger partial charge in [0.15, 0.2) is 11.6 Å². The van der Waals surface area contributed by atoms with Gasteiger partial charge in [0.2, 0.25) is 5.91 Å². The van der Waals surface area contributed by atoms with Crippen molar-refractivity contribution in [2.45, 2.75) is 128 Å². The molecule has 0 unspecified atom stereocenters. The summed E-state index contributed by atoms with van der Waals surface area (Å²) in [5.41, 5.74) is 3.67. The van der Waals surface area contributed by atoms with Crippen molar-refractivity contribution < 1.29 is 59.4 Å². The van der Waals surface area contributed by atoms with Crippen LogP contribution in [0.5, 0.6) is 0 Å². The predicted molar refractivity (Wildman–Crippen MR) is 299 cm³/mol. The fourth-order valence-electron chi connectivity index (χ4n) is 8.41. The monoisotopic (exact) mass is 1180 g/mol. The van der Waals surface area contributed by atoms with Crippen molar-refractivity contribution >= 4 is 100 Å². The van der Waals surface area contributed by atoms with Crippen molar-refractivity contribution in [1.29, 1.82) is 0 Å². The highest BCUT2D eigenvalue weighted by Gasteiger charge is 2.68. The fraction of sp³-hybridized carbons (Fsp3) is 0.560. The van der Waals surface area contributed by atoms with Crippen LogP contribution in [0.4, 0.5) is 35.1 Å². The van der Waals surface area contributed by atoms with E-state index in [-0.39, 0.29) is 135 Å². The number of carboxylic acid groups (broad SMARTS) is 1. The SMILES string of the molecule is CCC(=O)c1ccc(C[C@@H](CN)N(C)C)c(F)c1.CCC(=O)c1ccc(C[C@@H](CNC(=O)C[C@H](c2cnc(C)s2)C2(C(F)(F)F)CC2)N(C)C)c(F)c1.Cc1ncc([C@@H](CC(=O)O)C2(C(F)(F)F)CC2)s1.S.S.S.S. The normalized spacial score (nSPS) is 15.6. The molecule has 0 bridgehead atoms. The van der Waals surface area contributed by atoms with Gasteiger partial charge in [0.05, 0.1) is 27.3 Å². The Hall–Kier alpha value is -3.30. The summed E-state index contributed by atoms with van der Waals surface area (Å²) in [4.78, 5) is 59.6. The third-order valence-electron chi connectivity index (χ3n) is 13.3. The van der Waals surface area contributed by atoms with Crippen molar-refractivity contribution in [3.63, 3.8) is 0 Å². The van der Waals surface area contributed by atoms with Gasteiger partial charge in [0.25, 0.3) is 0 Å². The van der Waals surface area contributed by atoms with E-state index in [2.05, 4.69) is 15.3 Å². The number of carbonyl (C=O) groups is 4. The zero-order chi connectivity index (χ0) is 53.2. The van der Waals surface area contributed by atoms with Crippen LogP contribution in [0.15, 0.2) is 48.8 Å². The van der Waals surface area contributed by atoms with Gasteiger partial charge in [0, 0.05) is 89.5 Å². The number of aromatic nitrogens is 2. The molecule has 0 saturated heterocycles. The number of rotatable bonds is 21. The second-order valence-corrected chi connectivity index (χ2v) is 21.2. The zero-order valence-electron chi connectivity index (χ0n) is 43.2. The summed E-state index contributed by atoms with van der Waals surface area (Å²) in [6, 6.07) is 8.89. The highest BCUT2D eigenvalue weighted by Crippen LogP contribution is 2.67. The molecule has 4 aromatic rings. The number of carboxylic acids is 1. The number of amides is 1. The number of hydrogen-bond donors (Lipinski definition) is 3. The van der Waals surface area contributed by atoms with Crippen molar-refractivity contribution in [3.05, 3.63) is 102 Å². The minimum Gasteiger partial charge on any atom is -0.481 e. The number of nitrogens with one attached hydrogen (secondary N) is 1. The van der Waals surface area contributed by atoms with Gasteiger partial charge >= 0.3 is 18.3 Å². The first-order valence-corrected chi connectivity index (χ1v) is 24.9. The van der Waals surface area contributed by atoms with E-state index in [1.54, 1.807) is 66.1 Å². The van der Waals surface area contributed by atoms with Crippen molar-refractivity contribution in [2.24, 2.45) is 16.6 Å². The maximum absolute atomic E-state index is 14.6. The second kappa shape index (κ2) is 30.7. The molecule has 4 N–H and O–H groups in total. The van der Waals surface area contributed by atoms with Crippen molar-refractivity contribution in [3.8, 4) is 0 Å². The van der Waals surface area contributed by atoms with E-state index in [0.717, 1.165) is 11.3 Å². The molecule has 25 heteroatoms. The van der Waals surface area contributed by atoms with Gasteiger partial charge in [-0.2, -0.15) is 80.3 Å². The number of hydrogen-bond acceptors (Lipinski definition) is 11. The fourth-order valence-corrected chi connectivity index (χ4v) is 10.4. The number of carbonyl (C=O) groups excluding carboxylic acids is 3. The smallest absolute Gasteiger partial charge is 0.395 e. The number of halogens is 8. The number of Topliss-reactive ketones (excluding diaryl/α,β-unsaturated/α-hetero) is 2. The molecule has 2 fully saturated rings. The summed E-state index contributed by atoms with van der Waals surface area (Å²) in [7, 11) is 7.42. The molecule has 2 saturated carbocycles. The van der Waals surface area contributed by atoms with Crippen LogP contribution in [0.25, 0.3) is 0 Å². The second-order valence-electron chi connectivity index (χ2n) is 18.6. The first kappa shape index (κ1) is 71.7. The van der Waals surface area contributed by atoms with Gasteiger partial charge in [-0.3, -0.25) is 19.2 Å². The van der Waals surface area contributed by atoms with Gasteiger partial charge in [-0.05, 0) is 104 Å². The Balaban J connectivity index is 0.00000116. The molecule has 0 radical (unpaired) electrons. The molecule has 2 aliphatic rings. The molecule has 1 amide bonds. The standard InChI is InChI=1S/C25H31F4N3O2S.C14H21FN2O.C11H12F3NO2S.4H2S/c1-5-21(33)17-7-6-16(20(26)11-17)10-18(32(3)4)13-31-23(34)12-19(22-14-30-15(2)35-22)24(8-9-24)25(27,28)29;1-4-14(18)11-6-5-10(13(15)8-11)7-12(9-16)17(2)3;1-6-15-5-8(18-6)7(4-9(16)17)10(2-3-10)11(12,13)14;;;;/h6-7,11,14,18-19H,5,8-10,12-13H2,1-4H3,(H,31,34);5-6,8,12H,4,7,9,16H2,1-3H3;5,7H,2-4H2,1H3,(H,16,17);4*1H2/t18-,19+;12-;7-;;;;/m001..../s1. The Labute approximate surface area is 470 Å². The molecule has 6 rings (SSSR count). The summed E-state index contributed by atoms with van der Waals surface area (Å²) < 4.78 is 109. The number of nitrogens with two attached hydrogens (primary N) is 1. The van der Waals surface area contributed by atoms with Crippen LogP contribution >= 0.6 is 76.7 Å². The quantitative estimate of drug-likeness (QED) is 0.0542. The third kappa shape index (κ3) is 19.2. The molecular formula is C50H72F8N6O5S6. The molecule has 4 atom stereocenters. The van der Waals surface area contributed by atoms with Crippen LogP contribution in [-0.4, -0.2) is 114 Å². The molecule has 75 heavy (non-hydrogen) atoms. The van der Waals surface area contributed by atoms with Gasteiger partial charge in [-0.15, -0.1) is 22.7 Å². The molecule has 2 aromatic heterocycles. The van der Waals surface area contributed by atoms with Crippen molar-refractivity contribution in [1.82, 2.24) is 25.1 Å². The van der Waals surface area contributed by atoms with Gasteiger partial charge in [-0.25, -0.2) is 18.7 Å². The van der Waals surface area contributed by atoms with E-state index >= 15 is 0 Å². The molecule has 0 aliphatic heterocycles. The van der Waals surface area contributed by atoms with Crippen LogP contribution in [0.2, 0.25) is 0 Å². The topological polar surface area (TPSA) is 159 Å². The molecule has 424 valence electrons. The minimum absolute atomic E-state index is 0. The molecule has 2 aliphatic carbocycles. The van der Waals surface area contributed by atoms with Crippen LogP contribution in [0, 0.1) is 36.3 Å². The maximum atomic E-state index is 14.6. The largest absolute Gasteiger partial charge is 0.481 e. The van der Waals surface area contributed by atoms with Crippen LogP contribution in [-0.2, 0) is 22.4 Å². The number of ketones is 2. The number of likely N-dealkylation sites (N-methyl/N-ethyl adjacent to an activating group) is 2. The summed E-state index contributed by atoms with van der Waals surface area (Å²) >= 11 is 2.34. The van der Waals surface area contributed by atoms with Gasteiger partial charge in [-0.1, -0.05) is 38.1 Å². The number of thiazole rings is 2. The lowest BCUT2D eigenvalue weighted by molar-refractivity contribution is -0.195. The molecule has 2 aromatic carbocycles. The Bertz CT molecular complexity index is 2470. The third-order valence-corrected chi connectivity index (χ3v) is 15.4. The van der Waals surface area contributed by atoms with Crippen LogP contribution < -0.4 is 11.1 Å². The molecule has 2 heterocycles.